The van der Waals surface area contributed by atoms with Crippen LogP contribution in [-0.2, 0) is 6.42 Å². The fraction of sp³-hybridized carbons (Fsp3) is 0.0690. The Morgan fingerprint density at radius 2 is 1.53 bits per heavy atom. The number of aromatic nitrogens is 2. The van der Waals surface area contributed by atoms with Crippen LogP contribution in [0.2, 0.25) is 0 Å². The summed E-state index contributed by atoms with van der Waals surface area (Å²) in [5.41, 5.74) is 9.08. The number of fused-ring (bicyclic) bond motifs is 6. The first-order valence-corrected chi connectivity index (χ1v) is 11.1. The summed E-state index contributed by atoms with van der Waals surface area (Å²) >= 11 is 0. The number of benzene rings is 3. The first-order valence-electron chi connectivity index (χ1n) is 11.1. The smallest absolute Gasteiger partial charge is 0.137 e. The van der Waals surface area contributed by atoms with E-state index in [-0.39, 0.29) is 0 Å². The van der Waals surface area contributed by atoms with Crippen LogP contribution in [0.1, 0.15) is 22.7 Å². The van der Waals surface area contributed by atoms with Gasteiger partial charge in [0.15, 0.2) is 0 Å². The molecule has 0 radical (unpaired) electrons. The molecule has 1 aliphatic carbocycles. The van der Waals surface area contributed by atoms with Crippen molar-refractivity contribution in [3.05, 3.63) is 126 Å². The second-order valence-electron chi connectivity index (χ2n) is 8.46. The minimum absolute atomic E-state index is 0.329. The molecule has 0 fully saturated rings. The molecular formula is C29H21N3. The van der Waals surface area contributed by atoms with Crippen LogP contribution >= 0.6 is 0 Å². The highest BCUT2D eigenvalue weighted by Gasteiger charge is 2.39. The number of allylic oxidation sites excluding steroid dienone is 1. The van der Waals surface area contributed by atoms with Crippen LogP contribution in [0.3, 0.4) is 0 Å². The van der Waals surface area contributed by atoms with Gasteiger partial charge in [-0.3, -0.25) is 4.90 Å². The molecule has 1 atom stereocenters. The van der Waals surface area contributed by atoms with E-state index in [1.54, 1.807) is 0 Å². The molecule has 1 aliphatic heterocycles. The summed E-state index contributed by atoms with van der Waals surface area (Å²) in [7, 11) is 0. The van der Waals surface area contributed by atoms with Crippen molar-refractivity contribution in [3.63, 3.8) is 0 Å². The standard InChI is InChI=1S/C29H21N3/c1-2-10-20(11-3-1)31-25-14-6-4-12-21(25)23-18-24-22-13-5-7-15-26(22)32(28(24)19-27(23)31)29-16-8-9-17-30-29/h1-17,19,24H,18H2. The Morgan fingerprint density at radius 1 is 0.750 bits per heavy atom. The van der Waals surface area contributed by atoms with Gasteiger partial charge in [0, 0.05) is 28.9 Å². The van der Waals surface area contributed by atoms with Gasteiger partial charge in [0.05, 0.1) is 16.9 Å². The second-order valence-corrected chi connectivity index (χ2v) is 8.46. The van der Waals surface area contributed by atoms with Crippen LogP contribution in [0.25, 0.3) is 22.7 Å². The number of pyridine rings is 1. The second kappa shape index (κ2) is 6.69. The molecule has 3 heterocycles. The number of hydrogen-bond donors (Lipinski definition) is 0. The van der Waals surface area contributed by atoms with E-state index < -0.39 is 0 Å². The lowest BCUT2D eigenvalue weighted by molar-refractivity contribution is 0.794. The van der Waals surface area contributed by atoms with Crippen LogP contribution < -0.4 is 4.90 Å². The van der Waals surface area contributed by atoms with Crippen molar-refractivity contribution in [2.24, 2.45) is 0 Å². The van der Waals surface area contributed by atoms with E-state index in [1.807, 2.05) is 12.3 Å². The van der Waals surface area contributed by atoms with Gasteiger partial charge in [0.2, 0.25) is 0 Å². The van der Waals surface area contributed by atoms with Crippen LogP contribution in [0.15, 0.2) is 109 Å². The maximum absolute atomic E-state index is 4.71. The number of para-hydroxylation sites is 3. The van der Waals surface area contributed by atoms with E-state index in [4.69, 9.17) is 4.98 Å². The summed E-state index contributed by atoms with van der Waals surface area (Å²) in [5, 5.41) is 1.34. The molecule has 0 amide bonds. The van der Waals surface area contributed by atoms with E-state index in [1.165, 1.54) is 44.8 Å². The number of hydrogen-bond acceptors (Lipinski definition) is 2. The van der Waals surface area contributed by atoms with Gasteiger partial charge in [-0.1, -0.05) is 60.7 Å². The quantitative estimate of drug-likeness (QED) is 0.316. The number of rotatable bonds is 2. The van der Waals surface area contributed by atoms with Crippen molar-refractivity contribution < 1.29 is 0 Å². The number of nitrogens with zero attached hydrogens (tertiary/aromatic N) is 3. The third-order valence-electron chi connectivity index (χ3n) is 6.77. The Bertz CT molecular complexity index is 1500. The fourth-order valence-corrected chi connectivity index (χ4v) is 5.45. The van der Waals surface area contributed by atoms with Crippen molar-refractivity contribution in [2.45, 2.75) is 12.3 Å². The molecule has 2 aliphatic rings. The summed E-state index contributed by atoms with van der Waals surface area (Å²) in [6.07, 6.45) is 5.26. The summed E-state index contributed by atoms with van der Waals surface area (Å²) in [4.78, 5) is 7.05. The van der Waals surface area contributed by atoms with Crippen molar-refractivity contribution in [1.82, 2.24) is 9.55 Å². The zero-order valence-corrected chi connectivity index (χ0v) is 17.5. The average Bonchev–Trinajstić information content (AvgIpc) is 3.36. The molecule has 3 nitrogen and oxygen atoms in total. The predicted molar refractivity (Wildman–Crippen MR) is 131 cm³/mol. The van der Waals surface area contributed by atoms with Gasteiger partial charge >= 0.3 is 0 Å². The molecule has 7 rings (SSSR count). The van der Waals surface area contributed by atoms with Crippen molar-refractivity contribution in [2.75, 3.05) is 4.90 Å². The fourth-order valence-electron chi connectivity index (χ4n) is 5.45. The van der Waals surface area contributed by atoms with Crippen LogP contribution in [0, 0.1) is 0 Å². The maximum Gasteiger partial charge on any atom is 0.137 e. The van der Waals surface area contributed by atoms with E-state index in [2.05, 4.69) is 107 Å². The van der Waals surface area contributed by atoms with Gasteiger partial charge < -0.3 is 4.57 Å². The third-order valence-corrected chi connectivity index (χ3v) is 6.77. The minimum atomic E-state index is 0.329. The molecule has 2 aromatic heterocycles. The molecular weight excluding hydrogens is 390 g/mol. The van der Waals surface area contributed by atoms with Gasteiger partial charge in [-0.15, -0.1) is 0 Å². The molecule has 0 bridgehead atoms. The molecule has 0 spiro atoms. The topological polar surface area (TPSA) is 21.1 Å². The molecule has 0 saturated heterocycles. The highest BCUT2D eigenvalue weighted by molar-refractivity contribution is 5.93. The van der Waals surface area contributed by atoms with Gasteiger partial charge in [-0.2, -0.15) is 0 Å². The van der Waals surface area contributed by atoms with Gasteiger partial charge in [0.1, 0.15) is 5.82 Å². The average molecular weight is 412 g/mol. The van der Waals surface area contributed by atoms with Crippen LogP contribution in [-0.4, -0.2) is 9.55 Å². The lowest BCUT2D eigenvalue weighted by Gasteiger charge is -2.26. The van der Waals surface area contributed by atoms with Crippen molar-refractivity contribution in [3.8, 4) is 5.69 Å². The van der Waals surface area contributed by atoms with Crippen molar-refractivity contribution >= 4 is 28.5 Å². The number of anilines is 2. The van der Waals surface area contributed by atoms with E-state index in [0.29, 0.717) is 5.92 Å². The lowest BCUT2D eigenvalue weighted by atomic mass is 9.86. The minimum Gasteiger partial charge on any atom is -0.310 e. The Kier molecular flexibility index (Phi) is 3.67. The van der Waals surface area contributed by atoms with Gasteiger partial charge in [-0.25, -0.2) is 4.98 Å². The Balaban J connectivity index is 1.53. The largest absolute Gasteiger partial charge is 0.310 e. The summed E-state index contributed by atoms with van der Waals surface area (Å²) in [6.45, 7) is 0. The molecule has 0 saturated carbocycles. The summed E-state index contributed by atoms with van der Waals surface area (Å²) < 4.78 is 2.41. The lowest BCUT2D eigenvalue weighted by Crippen LogP contribution is -2.18. The highest BCUT2D eigenvalue weighted by atomic mass is 15.2. The molecule has 152 valence electrons. The highest BCUT2D eigenvalue weighted by Crippen LogP contribution is 2.52. The van der Waals surface area contributed by atoms with Crippen LogP contribution in [0.5, 0.6) is 0 Å². The molecule has 3 heteroatoms. The van der Waals surface area contributed by atoms with Gasteiger partial charge in [-0.05, 0) is 60.0 Å². The Labute approximate surface area is 186 Å². The van der Waals surface area contributed by atoms with Crippen LogP contribution in [0.4, 0.5) is 11.5 Å². The zero-order chi connectivity index (χ0) is 21.1. The zero-order valence-electron chi connectivity index (χ0n) is 17.5. The van der Waals surface area contributed by atoms with Crippen molar-refractivity contribution in [1.29, 1.82) is 0 Å². The third kappa shape index (κ3) is 2.39. The first kappa shape index (κ1) is 17.6. The van der Waals surface area contributed by atoms with Gasteiger partial charge in [0.25, 0.3) is 0 Å². The summed E-state index contributed by atoms with van der Waals surface area (Å²) in [5.74, 6) is 1.30. The molecule has 3 aromatic carbocycles. The van der Waals surface area contributed by atoms with E-state index in [9.17, 15) is 0 Å². The molecule has 0 N–H and O–H groups in total. The molecule has 5 aromatic rings. The predicted octanol–water partition coefficient (Wildman–Crippen LogP) is 6.86. The molecule has 32 heavy (non-hydrogen) atoms. The van der Waals surface area contributed by atoms with E-state index in [0.717, 1.165) is 12.2 Å². The summed E-state index contributed by atoms with van der Waals surface area (Å²) in [6, 6.07) is 34.4. The van der Waals surface area contributed by atoms with E-state index >= 15 is 0 Å². The first-order chi connectivity index (χ1) is 15.9. The monoisotopic (exact) mass is 411 g/mol. The molecule has 1 unspecified atom stereocenters. The Morgan fingerprint density at radius 3 is 2.41 bits per heavy atom. The maximum atomic E-state index is 4.71. The SMILES string of the molecule is C1=C2C(Cc3c1n(-c1ccccc1)c1ccccc31)c1ccccc1N2c1ccccn1. The normalized spacial score (nSPS) is 16.4. The Hall–Kier alpha value is -4.11.